The molecule has 0 saturated carbocycles. The Labute approximate surface area is 144 Å². The molecule has 2 saturated heterocycles. The highest BCUT2D eigenvalue weighted by Crippen LogP contribution is 2.37. The van der Waals surface area contributed by atoms with E-state index >= 15 is 0 Å². The van der Waals surface area contributed by atoms with E-state index in [0.29, 0.717) is 23.8 Å². The summed E-state index contributed by atoms with van der Waals surface area (Å²) >= 11 is 0. The van der Waals surface area contributed by atoms with Gasteiger partial charge in [-0.05, 0) is 50.3 Å². The summed E-state index contributed by atoms with van der Waals surface area (Å²) in [5, 5.41) is 3.33. The van der Waals surface area contributed by atoms with Crippen molar-refractivity contribution in [1.29, 1.82) is 0 Å². The number of hydrogen-bond donors (Lipinski definition) is 1. The lowest BCUT2D eigenvalue weighted by molar-refractivity contribution is -0.133. The summed E-state index contributed by atoms with van der Waals surface area (Å²) in [6.07, 6.45) is 3.61. The Bertz CT molecular complexity index is 534. The zero-order chi connectivity index (χ0) is 15.5. The minimum atomic E-state index is -0.193. The van der Waals surface area contributed by atoms with Crippen molar-refractivity contribution in [2.75, 3.05) is 19.6 Å². The summed E-state index contributed by atoms with van der Waals surface area (Å²) < 4.78 is 14.1. The van der Waals surface area contributed by atoms with E-state index in [1.54, 1.807) is 6.07 Å². The molecule has 128 valence electrons. The van der Waals surface area contributed by atoms with Gasteiger partial charge < -0.3 is 10.2 Å². The van der Waals surface area contributed by atoms with Crippen LogP contribution in [0.15, 0.2) is 24.3 Å². The molecule has 5 heteroatoms. The number of rotatable bonds is 3. The average molecular weight is 341 g/mol. The van der Waals surface area contributed by atoms with Crippen LogP contribution in [-0.4, -0.2) is 30.4 Å². The SMILES string of the molecule is CC1CC(c2ccccc2F)N(C(=O)CC2CCNCC2)C1.Cl. The number of halogens is 2. The van der Waals surface area contributed by atoms with E-state index < -0.39 is 0 Å². The Balaban J connectivity index is 0.00000192. The van der Waals surface area contributed by atoms with Crippen LogP contribution in [0.25, 0.3) is 0 Å². The summed E-state index contributed by atoms with van der Waals surface area (Å²) in [5.41, 5.74) is 0.672. The van der Waals surface area contributed by atoms with E-state index in [9.17, 15) is 9.18 Å². The van der Waals surface area contributed by atoms with Gasteiger partial charge in [0.25, 0.3) is 0 Å². The molecule has 3 rings (SSSR count). The molecule has 0 aliphatic carbocycles. The summed E-state index contributed by atoms with van der Waals surface area (Å²) in [4.78, 5) is 14.7. The molecule has 2 atom stereocenters. The zero-order valence-electron chi connectivity index (χ0n) is 13.6. The van der Waals surface area contributed by atoms with Crippen molar-refractivity contribution in [3.63, 3.8) is 0 Å². The van der Waals surface area contributed by atoms with Gasteiger partial charge in [-0.3, -0.25) is 4.79 Å². The minimum Gasteiger partial charge on any atom is -0.335 e. The van der Waals surface area contributed by atoms with Crippen molar-refractivity contribution in [2.45, 2.75) is 38.6 Å². The third-order valence-electron chi connectivity index (χ3n) is 5.02. The van der Waals surface area contributed by atoms with Gasteiger partial charge in [-0.2, -0.15) is 0 Å². The fourth-order valence-corrected chi connectivity index (χ4v) is 3.81. The number of benzene rings is 1. The third-order valence-corrected chi connectivity index (χ3v) is 5.02. The number of likely N-dealkylation sites (tertiary alicyclic amines) is 1. The number of nitrogens with zero attached hydrogens (tertiary/aromatic N) is 1. The van der Waals surface area contributed by atoms with Gasteiger partial charge in [-0.1, -0.05) is 25.1 Å². The van der Waals surface area contributed by atoms with Gasteiger partial charge in [0.1, 0.15) is 5.82 Å². The predicted molar refractivity (Wildman–Crippen MR) is 92.1 cm³/mol. The van der Waals surface area contributed by atoms with Gasteiger partial charge in [0.05, 0.1) is 6.04 Å². The number of carbonyl (C=O) groups excluding carboxylic acids is 1. The number of piperidine rings is 1. The number of amides is 1. The molecular formula is C18H26ClFN2O. The first kappa shape index (κ1) is 18.2. The summed E-state index contributed by atoms with van der Waals surface area (Å²) in [5.74, 6) is 0.915. The molecule has 2 aliphatic rings. The Morgan fingerprint density at radius 2 is 2.00 bits per heavy atom. The fraction of sp³-hybridized carbons (Fsp3) is 0.611. The van der Waals surface area contributed by atoms with Crippen LogP contribution < -0.4 is 5.32 Å². The van der Waals surface area contributed by atoms with Crippen LogP contribution in [-0.2, 0) is 4.79 Å². The van der Waals surface area contributed by atoms with Crippen LogP contribution in [0.5, 0.6) is 0 Å². The first-order chi connectivity index (χ1) is 10.6. The molecule has 23 heavy (non-hydrogen) atoms. The second-order valence-corrected chi connectivity index (χ2v) is 6.82. The standard InChI is InChI=1S/C18H25FN2O.ClH/c1-13-10-17(15-4-2-3-5-16(15)19)21(12-13)18(22)11-14-6-8-20-9-7-14;/h2-5,13-14,17,20H,6-12H2,1H3;1H. The first-order valence-corrected chi connectivity index (χ1v) is 8.39. The summed E-state index contributed by atoms with van der Waals surface area (Å²) in [7, 11) is 0. The Morgan fingerprint density at radius 1 is 1.30 bits per heavy atom. The van der Waals surface area contributed by atoms with Gasteiger partial charge in [-0.15, -0.1) is 12.4 Å². The molecule has 2 unspecified atom stereocenters. The highest BCUT2D eigenvalue weighted by Gasteiger charge is 2.36. The second kappa shape index (κ2) is 8.11. The van der Waals surface area contributed by atoms with E-state index in [4.69, 9.17) is 0 Å². The summed E-state index contributed by atoms with van der Waals surface area (Å²) in [6.45, 7) is 4.91. The highest BCUT2D eigenvalue weighted by molar-refractivity contribution is 5.85. The maximum absolute atomic E-state index is 14.1. The molecule has 2 fully saturated rings. The molecular weight excluding hydrogens is 315 g/mol. The topological polar surface area (TPSA) is 32.3 Å². The minimum absolute atomic E-state index is 0. The van der Waals surface area contributed by atoms with Crippen LogP contribution >= 0.6 is 12.4 Å². The van der Waals surface area contributed by atoms with Gasteiger partial charge in [0, 0.05) is 18.5 Å². The van der Waals surface area contributed by atoms with Gasteiger partial charge in [0.2, 0.25) is 5.91 Å². The van der Waals surface area contributed by atoms with Crippen molar-refractivity contribution in [3.05, 3.63) is 35.6 Å². The molecule has 0 spiro atoms. The summed E-state index contributed by atoms with van der Waals surface area (Å²) in [6, 6.07) is 6.79. The van der Waals surface area contributed by atoms with Crippen LogP contribution in [0, 0.1) is 17.7 Å². The molecule has 1 aromatic carbocycles. The van der Waals surface area contributed by atoms with E-state index in [2.05, 4.69) is 12.2 Å². The van der Waals surface area contributed by atoms with E-state index in [1.807, 2.05) is 17.0 Å². The first-order valence-electron chi connectivity index (χ1n) is 8.39. The van der Waals surface area contributed by atoms with Crippen molar-refractivity contribution in [3.8, 4) is 0 Å². The number of nitrogens with one attached hydrogen (secondary N) is 1. The molecule has 1 amide bonds. The molecule has 0 bridgehead atoms. The predicted octanol–water partition coefficient (Wildman–Crippen LogP) is 3.55. The molecule has 1 aromatic rings. The second-order valence-electron chi connectivity index (χ2n) is 6.82. The van der Waals surface area contributed by atoms with Crippen LogP contribution in [0.3, 0.4) is 0 Å². The lowest BCUT2D eigenvalue weighted by Crippen LogP contribution is -2.35. The number of hydrogen-bond acceptors (Lipinski definition) is 2. The number of carbonyl (C=O) groups is 1. The normalized spacial score (nSPS) is 25.2. The van der Waals surface area contributed by atoms with Crippen LogP contribution in [0.1, 0.15) is 44.2 Å². The monoisotopic (exact) mass is 340 g/mol. The average Bonchev–Trinajstić information content (AvgIpc) is 2.90. The maximum atomic E-state index is 14.1. The van der Waals surface area contributed by atoms with Gasteiger partial charge >= 0.3 is 0 Å². The van der Waals surface area contributed by atoms with E-state index in [1.165, 1.54) is 6.07 Å². The Kier molecular flexibility index (Phi) is 6.42. The molecule has 0 radical (unpaired) electrons. The molecule has 0 aromatic heterocycles. The molecule has 2 aliphatic heterocycles. The van der Waals surface area contributed by atoms with E-state index in [-0.39, 0.29) is 30.2 Å². The van der Waals surface area contributed by atoms with Crippen LogP contribution in [0.4, 0.5) is 4.39 Å². The maximum Gasteiger partial charge on any atom is 0.223 e. The van der Waals surface area contributed by atoms with Gasteiger partial charge in [0.15, 0.2) is 0 Å². The lowest BCUT2D eigenvalue weighted by atomic mass is 9.93. The van der Waals surface area contributed by atoms with Crippen molar-refractivity contribution >= 4 is 18.3 Å². The fourth-order valence-electron chi connectivity index (χ4n) is 3.81. The largest absolute Gasteiger partial charge is 0.335 e. The molecule has 2 heterocycles. The van der Waals surface area contributed by atoms with Crippen molar-refractivity contribution in [1.82, 2.24) is 10.2 Å². The Hall–Kier alpha value is -1.13. The zero-order valence-corrected chi connectivity index (χ0v) is 14.4. The highest BCUT2D eigenvalue weighted by atomic mass is 35.5. The third kappa shape index (κ3) is 4.24. The smallest absolute Gasteiger partial charge is 0.223 e. The quantitative estimate of drug-likeness (QED) is 0.912. The molecule has 3 nitrogen and oxygen atoms in total. The Morgan fingerprint density at radius 3 is 2.70 bits per heavy atom. The van der Waals surface area contributed by atoms with Gasteiger partial charge in [-0.25, -0.2) is 4.39 Å². The molecule has 1 N–H and O–H groups in total. The van der Waals surface area contributed by atoms with E-state index in [0.717, 1.165) is 38.9 Å². The lowest BCUT2D eigenvalue weighted by Gasteiger charge is -2.29. The van der Waals surface area contributed by atoms with Crippen LogP contribution in [0.2, 0.25) is 0 Å². The van der Waals surface area contributed by atoms with Crippen molar-refractivity contribution < 1.29 is 9.18 Å². The van der Waals surface area contributed by atoms with Crippen molar-refractivity contribution in [2.24, 2.45) is 11.8 Å².